The second-order valence-electron chi connectivity index (χ2n) is 3.37. The van der Waals surface area contributed by atoms with E-state index in [1.165, 1.54) is 0 Å². The standard InChI is InChI=1S/C10H13N3O2S/c1-8-9(3-2-4-10(8)12)7-13-16(14,15)6-5-11/h2-4,13H,6-7,12H2,1H3. The van der Waals surface area contributed by atoms with Crippen LogP contribution in [-0.4, -0.2) is 14.2 Å². The van der Waals surface area contributed by atoms with E-state index in [-0.39, 0.29) is 6.54 Å². The van der Waals surface area contributed by atoms with Crippen LogP contribution in [0.4, 0.5) is 5.69 Å². The van der Waals surface area contributed by atoms with Gasteiger partial charge in [-0.25, -0.2) is 13.1 Å². The summed E-state index contributed by atoms with van der Waals surface area (Å²) < 4.78 is 24.8. The number of hydrogen-bond donors (Lipinski definition) is 2. The van der Waals surface area contributed by atoms with Crippen molar-refractivity contribution in [3.63, 3.8) is 0 Å². The smallest absolute Gasteiger partial charge is 0.225 e. The molecule has 1 aromatic carbocycles. The predicted octanol–water partition coefficient (Wildman–Crippen LogP) is 0.520. The van der Waals surface area contributed by atoms with Gasteiger partial charge in [0.05, 0.1) is 6.07 Å². The van der Waals surface area contributed by atoms with Crippen LogP contribution in [0.15, 0.2) is 18.2 Å². The second kappa shape index (κ2) is 4.96. The number of nitriles is 1. The van der Waals surface area contributed by atoms with Crippen molar-refractivity contribution in [2.45, 2.75) is 13.5 Å². The Kier molecular flexibility index (Phi) is 3.88. The molecule has 0 atom stereocenters. The molecule has 1 aromatic rings. The molecule has 0 aromatic heterocycles. The van der Waals surface area contributed by atoms with E-state index in [0.29, 0.717) is 5.69 Å². The summed E-state index contributed by atoms with van der Waals surface area (Å²) in [5.41, 5.74) is 7.97. The molecule has 0 fully saturated rings. The molecule has 0 aliphatic carbocycles. The lowest BCUT2D eigenvalue weighted by atomic mass is 10.1. The van der Waals surface area contributed by atoms with Crippen LogP contribution in [0, 0.1) is 18.3 Å². The van der Waals surface area contributed by atoms with Gasteiger partial charge in [-0.2, -0.15) is 5.26 Å². The van der Waals surface area contributed by atoms with Crippen molar-refractivity contribution in [3.8, 4) is 6.07 Å². The van der Waals surface area contributed by atoms with Crippen LogP contribution >= 0.6 is 0 Å². The van der Waals surface area contributed by atoms with E-state index in [0.717, 1.165) is 11.1 Å². The fourth-order valence-corrected chi connectivity index (χ4v) is 1.87. The van der Waals surface area contributed by atoms with Gasteiger partial charge in [-0.15, -0.1) is 0 Å². The molecule has 6 heteroatoms. The first-order chi connectivity index (χ1) is 7.46. The molecule has 0 amide bonds. The van der Waals surface area contributed by atoms with Crippen molar-refractivity contribution >= 4 is 15.7 Å². The Labute approximate surface area is 94.9 Å². The lowest BCUT2D eigenvalue weighted by molar-refractivity contribution is 0.584. The molecule has 5 nitrogen and oxygen atoms in total. The minimum atomic E-state index is -3.51. The predicted molar refractivity (Wildman–Crippen MR) is 61.8 cm³/mol. The van der Waals surface area contributed by atoms with E-state index >= 15 is 0 Å². The number of rotatable bonds is 4. The van der Waals surface area contributed by atoms with Crippen molar-refractivity contribution < 1.29 is 8.42 Å². The van der Waals surface area contributed by atoms with Gasteiger partial charge in [0.2, 0.25) is 10.0 Å². The van der Waals surface area contributed by atoms with Crippen LogP contribution in [0.5, 0.6) is 0 Å². The van der Waals surface area contributed by atoms with Gasteiger partial charge in [0.1, 0.15) is 0 Å². The van der Waals surface area contributed by atoms with Crippen LogP contribution < -0.4 is 10.5 Å². The highest BCUT2D eigenvalue weighted by atomic mass is 32.2. The first kappa shape index (κ1) is 12.5. The summed E-state index contributed by atoms with van der Waals surface area (Å²) in [6.07, 6.45) is 0. The number of benzene rings is 1. The summed E-state index contributed by atoms with van der Waals surface area (Å²) in [4.78, 5) is 0. The van der Waals surface area contributed by atoms with Crippen LogP contribution in [0.3, 0.4) is 0 Å². The van der Waals surface area contributed by atoms with Crippen molar-refractivity contribution in [1.82, 2.24) is 4.72 Å². The van der Waals surface area contributed by atoms with E-state index < -0.39 is 15.8 Å². The van der Waals surface area contributed by atoms with Gasteiger partial charge in [-0.3, -0.25) is 0 Å². The minimum Gasteiger partial charge on any atom is -0.399 e. The molecule has 0 aliphatic rings. The summed E-state index contributed by atoms with van der Waals surface area (Å²) in [7, 11) is -3.51. The summed E-state index contributed by atoms with van der Waals surface area (Å²) >= 11 is 0. The molecule has 86 valence electrons. The maximum absolute atomic E-state index is 11.2. The van der Waals surface area contributed by atoms with Crippen molar-refractivity contribution in [1.29, 1.82) is 5.26 Å². The van der Waals surface area contributed by atoms with Crippen molar-refractivity contribution in [3.05, 3.63) is 29.3 Å². The van der Waals surface area contributed by atoms with Gasteiger partial charge in [0.15, 0.2) is 5.75 Å². The molecular weight excluding hydrogens is 226 g/mol. The van der Waals surface area contributed by atoms with Crippen molar-refractivity contribution in [2.24, 2.45) is 0 Å². The summed E-state index contributed by atoms with van der Waals surface area (Å²) in [6, 6.07) is 6.90. The molecule has 0 aliphatic heterocycles. The Morgan fingerprint density at radius 2 is 2.19 bits per heavy atom. The van der Waals surface area contributed by atoms with Crippen LogP contribution in [0.25, 0.3) is 0 Å². The molecule has 0 saturated heterocycles. The average Bonchev–Trinajstić information content (AvgIpc) is 2.20. The molecule has 0 heterocycles. The molecule has 0 spiro atoms. The highest BCUT2D eigenvalue weighted by Gasteiger charge is 2.10. The van der Waals surface area contributed by atoms with Gasteiger partial charge in [-0.1, -0.05) is 12.1 Å². The number of sulfonamides is 1. The monoisotopic (exact) mass is 239 g/mol. The third-order valence-corrected chi connectivity index (χ3v) is 3.32. The van der Waals surface area contributed by atoms with Gasteiger partial charge >= 0.3 is 0 Å². The number of anilines is 1. The molecule has 3 N–H and O–H groups in total. The van der Waals surface area contributed by atoms with Gasteiger partial charge in [0.25, 0.3) is 0 Å². The first-order valence-corrected chi connectivity index (χ1v) is 6.30. The molecular formula is C10H13N3O2S. The fourth-order valence-electron chi connectivity index (χ4n) is 1.22. The van der Waals surface area contributed by atoms with Gasteiger partial charge in [-0.05, 0) is 24.1 Å². The Bertz CT molecular complexity index is 517. The zero-order valence-electron chi connectivity index (χ0n) is 8.90. The molecule has 1 rings (SSSR count). The quantitative estimate of drug-likeness (QED) is 0.749. The largest absolute Gasteiger partial charge is 0.399 e. The van der Waals surface area contributed by atoms with E-state index in [9.17, 15) is 8.42 Å². The lowest BCUT2D eigenvalue weighted by Crippen LogP contribution is -2.25. The van der Waals surface area contributed by atoms with E-state index in [2.05, 4.69) is 4.72 Å². The Morgan fingerprint density at radius 3 is 2.81 bits per heavy atom. The molecule has 16 heavy (non-hydrogen) atoms. The lowest BCUT2D eigenvalue weighted by Gasteiger charge is -2.08. The summed E-state index contributed by atoms with van der Waals surface area (Å²) in [5.74, 6) is -0.533. The average molecular weight is 239 g/mol. The highest BCUT2D eigenvalue weighted by Crippen LogP contribution is 2.15. The summed E-state index contributed by atoms with van der Waals surface area (Å²) in [6.45, 7) is 1.98. The fraction of sp³-hybridized carbons (Fsp3) is 0.300. The minimum absolute atomic E-state index is 0.154. The maximum Gasteiger partial charge on any atom is 0.225 e. The first-order valence-electron chi connectivity index (χ1n) is 4.64. The highest BCUT2D eigenvalue weighted by molar-refractivity contribution is 7.89. The summed E-state index contributed by atoms with van der Waals surface area (Å²) in [5, 5.41) is 8.31. The van der Waals surface area contributed by atoms with Gasteiger partial charge in [0, 0.05) is 12.2 Å². The van der Waals surface area contributed by atoms with E-state index in [1.54, 1.807) is 24.3 Å². The van der Waals surface area contributed by atoms with E-state index in [1.807, 2.05) is 6.92 Å². The molecule has 0 unspecified atom stereocenters. The normalized spacial score (nSPS) is 11.0. The van der Waals surface area contributed by atoms with Crippen molar-refractivity contribution in [2.75, 3.05) is 11.5 Å². The van der Waals surface area contributed by atoms with Crippen LogP contribution in [0.2, 0.25) is 0 Å². The number of nitrogens with one attached hydrogen (secondary N) is 1. The number of nitrogens with zero attached hydrogens (tertiary/aromatic N) is 1. The SMILES string of the molecule is Cc1c(N)cccc1CNS(=O)(=O)CC#N. The zero-order valence-corrected chi connectivity index (χ0v) is 9.71. The topological polar surface area (TPSA) is 96.0 Å². The Balaban J connectivity index is 2.77. The molecule has 0 saturated carbocycles. The van der Waals surface area contributed by atoms with Crippen LogP contribution in [-0.2, 0) is 16.6 Å². The zero-order chi connectivity index (χ0) is 12.2. The number of nitrogens with two attached hydrogens (primary N) is 1. The third-order valence-electron chi connectivity index (χ3n) is 2.22. The maximum atomic E-state index is 11.2. The Hall–Kier alpha value is -1.58. The van der Waals surface area contributed by atoms with E-state index in [4.69, 9.17) is 11.0 Å². The number of hydrogen-bond acceptors (Lipinski definition) is 4. The third kappa shape index (κ3) is 3.22. The Morgan fingerprint density at radius 1 is 1.50 bits per heavy atom. The molecule has 0 radical (unpaired) electrons. The molecule has 0 bridgehead atoms. The van der Waals surface area contributed by atoms with Gasteiger partial charge < -0.3 is 5.73 Å². The second-order valence-corrected chi connectivity index (χ2v) is 5.18. The van der Waals surface area contributed by atoms with Crippen LogP contribution in [0.1, 0.15) is 11.1 Å². The number of nitrogen functional groups attached to an aromatic ring is 1.